The minimum Gasteiger partial charge on any atom is -0.449 e. The van der Waals surface area contributed by atoms with Crippen LogP contribution in [-0.4, -0.2) is 47.3 Å². The lowest BCUT2D eigenvalue weighted by Crippen LogP contribution is -2.47. The number of halogens is 2. The predicted octanol–water partition coefficient (Wildman–Crippen LogP) is 6.22. The highest BCUT2D eigenvalue weighted by Crippen LogP contribution is 2.33. The number of ether oxygens (including phenoxy) is 1. The van der Waals surface area contributed by atoms with E-state index < -0.39 is 18.1 Å². The fourth-order valence-electron chi connectivity index (χ4n) is 3.31. The summed E-state index contributed by atoms with van der Waals surface area (Å²) >= 11 is 1.61. The van der Waals surface area contributed by atoms with Gasteiger partial charge in [-0.25, -0.2) is 4.79 Å². The SMILES string of the molecule is C=C/C=C(\C=C)C(F)(F)C(O)CCC1CCOC(=O)N1CCC/C(=C/C)SC(=C)C. The van der Waals surface area contributed by atoms with Gasteiger partial charge in [0.1, 0.15) is 6.10 Å². The average Bonchev–Trinajstić information content (AvgIpc) is 2.70. The second-order valence-electron chi connectivity index (χ2n) is 7.19. The van der Waals surface area contributed by atoms with Gasteiger partial charge in [0.15, 0.2) is 0 Å². The lowest BCUT2D eigenvalue weighted by Gasteiger charge is -2.36. The van der Waals surface area contributed by atoms with Crippen LogP contribution in [0.4, 0.5) is 13.6 Å². The number of hydrogen-bond acceptors (Lipinski definition) is 4. The first kappa shape index (κ1) is 26.2. The summed E-state index contributed by atoms with van der Waals surface area (Å²) in [6, 6.07) is -0.241. The highest BCUT2D eigenvalue weighted by molar-refractivity contribution is 8.06. The lowest BCUT2D eigenvalue weighted by atomic mass is 9.95. The first-order valence-corrected chi connectivity index (χ1v) is 10.9. The quantitative estimate of drug-likeness (QED) is 0.345. The zero-order chi connectivity index (χ0) is 22.7. The van der Waals surface area contributed by atoms with Gasteiger partial charge in [-0.2, -0.15) is 8.78 Å². The van der Waals surface area contributed by atoms with Gasteiger partial charge in [-0.05, 0) is 49.3 Å². The van der Waals surface area contributed by atoms with E-state index in [1.54, 1.807) is 16.7 Å². The normalized spacial score (nSPS) is 19.3. The van der Waals surface area contributed by atoms with Crippen LogP contribution in [0.1, 0.15) is 46.0 Å². The van der Waals surface area contributed by atoms with Crippen molar-refractivity contribution in [2.75, 3.05) is 13.2 Å². The molecule has 4 nitrogen and oxygen atoms in total. The Hall–Kier alpha value is -1.86. The molecule has 30 heavy (non-hydrogen) atoms. The van der Waals surface area contributed by atoms with E-state index in [1.807, 2.05) is 19.9 Å². The number of thioether (sulfide) groups is 1. The number of cyclic esters (lactones) is 1. The highest BCUT2D eigenvalue weighted by atomic mass is 32.2. The van der Waals surface area contributed by atoms with Crippen LogP contribution in [0.3, 0.4) is 0 Å². The molecular formula is C23H33F2NO3S. The molecule has 0 aromatic carbocycles. The number of amides is 1. The highest BCUT2D eigenvalue weighted by Gasteiger charge is 2.41. The van der Waals surface area contributed by atoms with Gasteiger partial charge >= 0.3 is 6.09 Å². The molecule has 0 radical (unpaired) electrons. The van der Waals surface area contributed by atoms with Gasteiger partial charge in [-0.3, -0.25) is 0 Å². The van der Waals surface area contributed by atoms with Crippen LogP contribution in [-0.2, 0) is 4.74 Å². The van der Waals surface area contributed by atoms with Gasteiger partial charge in [0.25, 0.3) is 5.92 Å². The summed E-state index contributed by atoms with van der Waals surface area (Å²) in [5, 5.41) is 10.1. The maximum Gasteiger partial charge on any atom is 0.410 e. The van der Waals surface area contributed by atoms with Crippen LogP contribution in [0.15, 0.2) is 59.4 Å². The van der Waals surface area contributed by atoms with Gasteiger partial charge in [0, 0.05) is 24.6 Å². The Morgan fingerprint density at radius 1 is 1.47 bits per heavy atom. The summed E-state index contributed by atoms with van der Waals surface area (Å²) < 4.78 is 34.1. The van der Waals surface area contributed by atoms with Crippen LogP contribution < -0.4 is 0 Å². The number of aliphatic hydroxyl groups excluding tert-OH is 1. The molecule has 1 fully saturated rings. The molecule has 2 unspecified atom stereocenters. The largest absolute Gasteiger partial charge is 0.449 e. The molecule has 0 aliphatic carbocycles. The summed E-state index contributed by atoms with van der Waals surface area (Å²) in [6.07, 6.45) is 5.32. The van der Waals surface area contributed by atoms with E-state index >= 15 is 0 Å². The van der Waals surface area contributed by atoms with E-state index in [4.69, 9.17) is 4.74 Å². The van der Waals surface area contributed by atoms with Crippen molar-refractivity contribution in [3.63, 3.8) is 0 Å². The molecule has 1 heterocycles. The number of hydrogen-bond donors (Lipinski definition) is 1. The van der Waals surface area contributed by atoms with Gasteiger partial charge in [-0.15, -0.1) is 11.8 Å². The predicted molar refractivity (Wildman–Crippen MR) is 121 cm³/mol. The molecule has 1 aliphatic rings. The summed E-state index contributed by atoms with van der Waals surface area (Å²) in [5.74, 6) is -3.43. The van der Waals surface area contributed by atoms with Crippen LogP contribution >= 0.6 is 11.8 Å². The Morgan fingerprint density at radius 3 is 2.73 bits per heavy atom. The Kier molecular flexibility index (Phi) is 11.1. The van der Waals surface area contributed by atoms with E-state index in [-0.39, 0.29) is 31.1 Å². The molecule has 168 valence electrons. The fraction of sp³-hybridized carbons (Fsp3) is 0.522. The number of rotatable bonds is 13. The van der Waals surface area contributed by atoms with Crippen molar-refractivity contribution < 1.29 is 23.4 Å². The molecule has 7 heteroatoms. The zero-order valence-electron chi connectivity index (χ0n) is 17.9. The van der Waals surface area contributed by atoms with Crippen molar-refractivity contribution in [2.45, 2.75) is 64.0 Å². The van der Waals surface area contributed by atoms with E-state index in [0.29, 0.717) is 13.0 Å². The molecule has 1 N–H and O–H groups in total. The lowest BCUT2D eigenvalue weighted by molar-refractivity contribution is -0.0824. The van der Waals surface area contributed by atoms with Crippen LogP contribution in [0, 0.1) is 0 Å². The zero-order valence-corrected chi connectivity index (χ0v) is 18.7. The number of carbonyl (C=O) groups excluding carboxylic acids is 1. The molecule has 1 amide bonds. The third kappa shape index (κ3) is 7.76. The maximum absolute atomic E-state index is 14.5. The Balaban J connectivity index is 2.71. The molecule has 1 saturated heterocycles. The molecule has 2 atom stereocenters. The molecule has 0 saturated carbocycles. The topological polar surface area (TPSA) is 49.8 Å². The van der Waals surface area contributed by atoms with E-state index in [9.17, 15) is 18.7 Å². The third-order valence-corrected chi connectivity index (χ3v) is 5.95. The van der Waals surface area contributed by atoms with Gasteiger partial charge in [-0.1, -0.05) is 44.0 Å². The Morgan fingerprint density at radius 2 is 2.17 bits per heavy atom. The molecule has 0 bridgehead atoms. The standard InChI is InChI=1S/C23H33F2NO3S/c1-6-10-18(7-2)23(24,25)21(27)13-12-19-14-16-29-22(28)26(19)15-9-11-20(8-3)30-17(4)5/h6-8,10,19,21,27H,1-2,4,9,11-16H2,3,5H3/b18-10+,20-8-. The summed E-state index contributed by atoms with van der Waals surface area (Å²) in [5.41, 5.74) is -0.376. The molecule has 1 rings (SSSR count). The monoisotopic (exact) mass is 441 g/mol. The van der Waals surface area contributed by atoms with Crippen molar-refractivity contribution >= 4 is 17.9 Å². The summed E-state index contributed by atoms with van der Waals surface area (Å²) in [4.78, 5) is 16.0. The van der Waals surface area contributed by atoms with Crippen molar-refractivity contribution in [1.29, 1.82) is 0 Å². The number of alkyl halides is 2. The third-order valence-electron chi connectivity index (χ3n) is 4.90. The minimum absolute atomic E-state index is 0.143. The van der Waals surface area contributed by atoms with Crippen LogP contribution in [0.5, 0.6) is 0 Å². The smallest absolute Gasteiger partial charge is 0.410 e. The first-order chi connectivity index (χ1) is 14.2. The summed E-state index contributed by atoms with van der Waals surface area (Å²) in [7, 11) is 0. The number of aliphatic hydroxyl groups is 1. The second kappa shape index (κ2) is 12.7. The van der Waals surface area contributed by atoms with Crippen molar-refractivity contribution in [1.82, 2.24) is 4.90 Å². The molecule has 0 spiro atoms. The van der Waals surface area contributed by atoms with Crippen molar-refractivity contribution in [3.05, 3.63) is 59.4 Å². The van der Waals surface area contributed by atoms with Crippen LogP contribution in [0.25, 0.3) is 0 Å². The summed E-state index contributed by atoms with van der Waals surface area (Å²) in [6.45, 7) is 15.3. The van der Waals surface area contributed by atoms with Crippen molar-refractivity contribution in [3.8, 4) is 0 Å². The van der Waals surface area contributed by atoms with E-state index in [1.165, 1.54) is 11.0 Å². The Labute approximate surface area is 183 Å². The second-order valence-corrected chi connectivity index (χ2v) is 8.62. The van der Waals surface area contributed by atoms with Gasteiger partial charge in [0.2, 0.25) is 0 Å². The molecule has 0 aromatic heterocycles. The number of nitrogens with zero attached hydrogens (tertiary/aromatic N) is 1. The average molecular weight is 442 g/mol. The fourth-order valence-corrected chi connectivity index (χ4v) is 4.12. The molecular weight excluding hydrogens is 408 g/mol. The minimum atomic E-state index is -3.43. The molecule has 1 aliphatic heterocycles. The van der Waals surface area contributed by atoms with Crippen LogP contribution in [0.2, 0.25) is 0 Å². The Bertz CT molecular complexity index is 688. The maximum atomic E-state index is 14.5. The number of carbonyl (C=O) groups is 1. The van der Waals surface area contributed by atoms with E-state index in [0.717, 1.165) is 29.9 Å². The number of allylic oxidation sites excluding steroid dienone is 6. The van der Waals surface area contributed by atoms with Crippen molar-refractivity contribution in [2.24, 2.45) is 0 Å². The van der Waals surface area contributed by atoms with Gasteiger partial charge in [0.05, 0.1) is 6.61 Å². The first-order valence-electron chi connectivity index (χ1n) is 10.1. The van der Waals surface area contributed by atoms with E-state index in [2.05, 4.69) is 19.7 Å². The van der Waals surface area contributed by atoms with Gasteiger partial charge < -0.3 is 14.7 Å². The molecule has 0 aromatic rings.